The number of alkyl halides is 3. The van der Waals surface area contributed by atoms with Crippen LogP contribution in [-0.4, -0.2) is 46.5 Å². The van der Waals surface area contributed by atoms with Crippen molar-refractivity contribution in [3.63, 3.8) is 0 Å². The van der Waals surface area contributed by atoms with E-state index in [0.29, 0.717) is 37.6 Å². The highest BCUT2D eigenvalue weighted by molar-refractivity contribution is 7.09. The lowest BCUT2D eigenvalue weighted by Crippen LogP contribution is -2.50. The second-order valence-corrected chi connectivity index (χ2v) is 8.45. The van der Waals surface area contributed by atoms with Crippen LogP contribution in [0.1, 0.15) is 17.0 Å². The van der Waals surface area contributed by atoms with Gasteiger partial charge in [-0.3, -0.25) is 0 Å². The maximum absolute atomic E-state index is 12.9. The molecule has 1 N–H and O–H groups in total. The number of aromatic nitrogens is 2. The minimum atomic E-state index is -4.46. The molecule has 0 aliphatic carbocycles. The van der Waals surface area contributed by atoms with E-state index in [1.54, 1.807) is 4.90 Å². The Balaban J connectivity index is 1.31. The summed E-state index contributed by atoms with van der Waals surface area (Å²) in [7, 11) is 0. The van der Waals surface area contributed by atoms with Gasteiger partial charge >= 0.3 is 12.2 Å². The Kier molecular flexibility index (Phi) is 6.52. The van der Waals surface area contributed by atoms with Crippen molar-refractivity contribution in [2.75, 3.05) is 36.4 Å². The second-order valence-electron chi connectivity index (χ2n) is 7.28. The van der Waals surface area contributed by atoms with Crippen LogP contribution in [0.15, 0.2) is 48.5 Å². The van der Waals surface area contributed by atoms with Crippen LogP contribution >= 0.6 is 23.1 Å². The van der Waals surface area contributed by atoms with Crippen molar-refractivity contribution in [2.24, 2.45) is 0 Å². The molecule has 0 saturated carbocycles. The molecule has 32 heavy (non-hydrogen) atoms. The van der Waals surface area contributed by atoms with Gasteiger partial charge in [0.2, 0.25) is 5.13 Å². The van der Waals surface area contributed by atoms with E-state index in [-0.39, 0.29) is 5.69 Å². The minimum Gasteiger partial charge on any atom is -0.343 e. The summed E-state index contributed by atoms with van der Waals surface area (Å²) in [6.45, 7) is 1.98. The van der Waals surface area contributed by atoms with Gasteiger partial charge in [0.25, 0.3) is 0 Å². The number of halogens is 4. The van der Waals surface area contributed by atoms with Gasteiger partial charge in [-0.1, -0.05) is 29.8 Å². The lowest BCUT2D eigenvalue weighted by atomic mass is 10.1. The number of hydrogen-bond acceptors (Lipinski definition) is 5. The number of carbonyl (C=O) groups is 1. The Morgan fingerprint density at radius 1 is 1.09 bits per heavy atom. The molecule has 2 heterocycles. The summed E-state index contributed by atoms with van der Waals surface area (Å²) in [5.41, 5.74) is 0.379. The van der Waals surface area contributed by atoms with Crippen molar-refractivity contribution in [3.05, 3.63) is 70.5 Å². The molecule has 6 nitrogen and oxygen atoms in total. The van der Waals surface area contributed by atoms with Gasteiger partial charge in [-0.05, 0) is 35.9 Å². The number of nitrogens with zero attached hydrogens (tertiary/aromatic N) is 4. The van der Waals surface area contributed by atoms with Crippen LogP contribution in [-0.2, 0) is 12.6 Å². The largest absolute Gasteiger partial charge is 0.416 e. The van der Waals surface area contributed by atoms with Crippen LogP contribution in [0.3, 0.4) is 0 Å². The first-order valence-corrected chi connectivity index (χ1v) is 11.0. The SMILES string of the molecule is O=C(Nc1cccc(C(F)(F)F)c1)N1CCN(c2nc(Cc3ccc(Cl)cc3)ns2)CC1. The molecule has 0 atom stereocenters. The molecule has 1 aromatic heterocycles. The highest BCUT2D eigenvalue weighted by Crippen LogP contribution is 2.30. The van der Waals surface area contributed by atoms with Crippen LogP contribution in [0, 0.1) is 0 Å². The van der Waals surface area contributed by atoms with E-state index in [2.05, 4.69) is 19.6 Å². The molecule has 1 aliphatic heterocycles. The van der Waals surface area contributed by atoms with E-state index < -0.39 is 17.8 Å². The van der Waals surface area contributed by atoms with Gasteiger partial charge in [0.05, 0.1) is 5.56 Å². The van der Waals surface area contributed by atoms with Gasteiger partial charge in [0, 0.05) is 54.8 Å². The van der Waals surface area contributed by atoms with Crippen molar-refractivity contribution in [1.82, 2.24) is 14.3 Å². The number of carbonyl (C=O) groups excluding carboxylic acids is 1. The molecule has 3 aromatic rings. The average molecular weight is 482 g/mol. The molecule has 2 aromatic carbocycles. The standard InChI is InChI=1S/C21H19ClF3N5OS/c22-16-6-4-14(5-7-16)12-18-27-20(32-28-18)30-10-8-29(9-11-30)19(31)26-17-3-1-2-15(13-17)21(23,24)25/h1-7,13H,8-12H2,(H,26,31). The number of anilines is 2. The maximum atomic E-state index is 12.9. The molecule has 2 amide bonds. The number of piperazine rings is 1. The van der Waals surface area contributed by atoms with Gasteiger partial charge in [-0.15, -0.1) is 0 Å². The molecule has 0 spiro atoms. The third-order valence-electron chi connectivity index (χ3n) is 5.01. The zero-order chi connectivity index (χ0) is 22.7. The zero-order valence-electron chi connectivity index (χ0n) is 16.8. The molecule has 168 valence electrons. The fraction of sp³-hybridized carbons (Fsp3) is 0.286. The first-order valence-electron chi connectivity index (χ1n) is 9.83. The lowest BCUT2D eigenvalue weighted by molar-refractivity contribution is -0.137. The van der Waals surface area contributed by atoms with Gasteiger partial charge in [0.1, 0.15) is 5.82 Å². The summed E-state index contributed by atoms with van der Waals surface area (Å²) >= 11 is 7.22. The van der Waals surface area contributed by atoms with Crippen LogP contribution in [0.4, 0.5) is 28.8 Å². The Morgan fingerprint density at radius 2 is 1.81 bits per heavy atom. The molecule has 0 radical (unpaired) electrons. The zero-order valence-corrected chi connectivity index (χ0v) is 18.3. The molecule has 1 saturated heterocycles. The first-order chi connectivity index (χ1) is 15.3. The predicted octanol–water partition coefficient (Wildman–Crippen LogP) is 5.16. The summed E-state index contributed by atoms with van der Waals surface area (Å²) < 4.78 is 43.0. The summed E-state index contributed by atoms with van der Waals surface area (Å²) in [5, 5.41) is 4.01. The Hall–Kier alpha value is -2.85. The average Bonchev–Trinajstić information content (AvgIpc) is 3.23. The summed E-state index contributed by atoms with van der Waals surface area (Å²) in [6, 6.07) is 11.7. The number of benzene rings is 2. The predicted molar refractivity (Wildman–Crippen MR) is 118 cm³/mol. The van der Waals surface area contributed by atoms with Crippen LogP contribution in [0.5, 0.6) is 0 Å². The van der Waals surface area contributed by atoms with Crippen LogP contribution < -0.4 is 10.2 Å². The van der Waals surface area contributed by atoms with E-state index in [9.17, 15) is 18.0 Å². The highest BCUT2D eigenvalue weighted by atomic mass is 35.5. The quantitative estimate of drug-likeness (QED) is 0.559. The number of urea groups is 1. The molecule has 1 aliphatic rings. The van der Waals surface area contributed by atoms with E-state index >= 15 is 0 Å². The number of rotatable bonds is 4. The highest BCUT2D eigenvalue weighted by Gasteiger charge is 2.31. The van der Waals surface area contributed by atoms with Crippen LogP contribution in [0.2, 0.25) is 5.02 Å². The summed E-state index contributed by atoms with van der Waals surface area (Å²) in [6.07, 6.45) is -3.85. The number of hydrogen-bond donors (Lipinski definition) is 1. The third-order valence-corrected chi connectivity index (χ3v) is 6.08. The minimum absolute atomic E-state index is 0.114. The van der Waals surface area contributed by atoms with E-state index in [0.717, 1.165) is 28.7 Å². The van der Waals surface area contributed by atoms with Gasteiger partial charge in [0.15, 0.2) is 0 Å². The summed E-state index contributed by atoms with van der Waals surface area (Å²) in [5.74, 6) is 0.719. The van der Waals surface area contributed by atoms with Crippen molar-refractivity contribution < 1.29 is 18.0 Å². The Morgan fingerprint density at radius 3 is 2.50 bits per heavy atom. The van der Waals surface area contributed by atoms with Crippen molar-refractivity contribution in [1.29, 1.82) is 0 Å². The third kappa shape index (κ3) is 5.49. The normalized spacial score (nSPS) is 14.5. The molecule has 1 fully saturated rings. The molecular weight excluding hydrogens is 463 g/mol. The van der Waals surface area contributed by atoms with Crippen LogP contribution in [0.25, 0.3) is 0 Å². The van der Waals surface area contributed by atoms with E-state index in [1.807, 2.05) is 24.3 Å². The van der Waals surface area contributed by atoms with E-state index in [4.69, 9.17) is 11.6 Å². The lowest BCUT2D eigenvalue weighted by Gasteiger charge is -2.34. The van der Waals surface area contributed by atoms with Gasteiger partial charge in [-0.25, -0.2) is 9.78 Å². The van der Waals surface area contributed by atoms with E-state index in [1.165, 1.54) is 23.7 Å². The smallest absolute Gasteiger partial charge is 0.343 e. The molecule has 0 bridgehead atoms. The van der Waals surface area contributed by atoms with Gasteiger partial charge in [-0.2, -0.15) is 17.5 Å². The second kappa shape index (κ2) is 9.33. The number of amides is 2. The molecule has 4 rings (SSSR count). The summed E-state index contributed by atoms with van der Waals surface area (Å²) in [4.78, 5) is 20.7. The maximum Gasteiger partial charge on any atom is 0.416 e. The Labute approximate surface area is 191 Å². The monoisotopic (exact) mass is 481 g/mol. The van der Waals surface area contributed by atoms with Crippen molar-refractivity contribution in [3.8, 4) is 0 Å². The van der Waals surface area contributed by atoms with Crippen molar-refractivity contribution in [2.45, 2.75) is 12.6 Å². The molecule has 0 unspecified atom stereocenters. The Bertz CT molecular complexity index is 1080. The van der Waals surface area contributed by atoms with Gasteiger partial charge < -0.3 is 15.1 Å². The first kappa shape index (κ1) is 22.3. The topological polar surface area (TPSA) is 61.4 Å². The molecule has 11 heteroatoms. The van der Waals surface area contributed by atoms with Crippen molar-refractivity contribution >= 4 is 40.0 Å². The number of nitrogens with one attached hydrogen (secondary N) is 1. The molecular formula is C21H19ClF3N5OS. The fourth-order valence-corrected chi connectivity index (χ4v) is 4.17. The fourth-order valence-electron chi connectivity index (χ4n) is 3.31.